The Kier molecular flexibility index (Phi) is 3.87. The summed E-state index contributed by atoms with van der Waals surface area (Å²) >= 11 is 1.51. The quantitative estimate of drug-likeness (QED) is 0.712. The highest BCUT2D eigenvalue weighted by molar-refractivity contribution is 7.98. The van der Waals surface area contributed by atoms with Crippen LogP contribution in [0.25, 0.3) is 16.9 Å². The molecule has 0 radical (unpaired) electrons. The van der Waals surface area contributed by atoms with Crippen molar-refractivity contribution < 1.29 is 13.2 Å². The van der Waals surface area contributed by atoms with Gasteiger partial charge in [0.15, 0.2) is 5.69 Å². The lowest BCUT2D eigenvalue weighted by molar-refractivity contribution is 0.0992. The van der Waals surface area contributed by atoms with Gasteiger partial charge in [0.2, 0.25) is 10.0 Å². The van der Waals surface area contributed by atoms with Crippen LogP contribution in [-0.2, 0) is 15.8 Å². The van der Waals surface area contributed by atoms with Crippen LogP contribution in [0.3, 0.4) is 0 Å². The number of primary amides is 1. The molecule has 1 amide bonds. The van der Waals surface area contributed by atoms with Crippen molar-refractivity contribution in [3.8, 4) is 16.9 Å². The summed E-state index contributed by atoms with van der Waals surface area (Å²) in [6.07, 6.45) is 0. The summed E-state index contributed by atoms with van der Waals surface area (Å²) in [5.74, 6) is 0.118. The van der Waals surface area contributed by atoms with Crippen molar-refractivity contribution >= 4 is 27.7 Å². The van der Waals surface area contributed by atoms with Crippen LogP contribution in [0, 0.1) is 0 Å². The number of nitrogens with two attached hydrogens (primary N) is 2. The normalized spacial score (nSPS) is 13.1. The van der Waals surface area contributed by atoms with Gasteiger partial charge >= 0.3 is 0 Å². The number of carbonyl (C=O) groups is 1. The van der Waals surface area contributed by atoms with E-state index in [0.29, 0.717) is 5.69 Å². The second kappa shape index (κ2) is 5.97. The van der Waals surface area contributed by atoms with E-state index in [0.717, 1.165) is 27.5 Å². The molecule has 2 heterocycles. The molecule has 3 aromatic rings. The summed E-state index contributed by atoms with van der Waals surface area (Å²) < 4.78 is 24.5. The minimum atomic E-state index is -3.78. The van der Waals surface area contributed by atoms with Gasteiger partial charge in [0.1, 0.15) is 0 Å². The smallest absolute Gasteiger partial charge is 0.270 e. The SMILES string of the molecule is NC(=O)c1nn(-c2ccc(S(N)(=O)=O)cc2)c2c1SCc1ccccc1-2. The van der Waals surface area contributed by atoms with Crippen LogP contribution in [0.15, 0.2) is 58.3 Å². The molecule has 4 N–H and O–H groups in total. The summed E-state index contributed by atoms with van der Waals surface area (Å²) in [7, 11) is -3.78. The molecular weight excluding hydrogens is 372 g/mol. The lowest BCUT2D eigenvalue weighted by Crippen LogP contribution is -2.13. The Labute approximate surface area is 154 Å². The van der Waals surface area contributed by atoms with Crippen molar-refractivity contribution in [3.05, 3.63) is 59.8 Å². The number of sulfonamides is 1. The van der Waals surface area contributed by atoms with Crippen molar-refractivity contribution in [2.45, 2.75) is 15.5 Å². The van der Waals surface area contributed by atoms with E-state index in [1.165, 1.54) is 23.9 Å². The first-order valence-corrected chi connectivity index (χ1v) is 10.2. The third kappa shape index (κ3) is 2.70. The van der Waals surface area contributed by atoms with Gasteiger partial charge in [-0.05, 0) is 29.8 Å². The average Bonchev–Trinajstić information content (AvgIpc) is 3.01. The predicted molar refractivity (Wildman–Crippen MR) is 98.5 cm³/mol. The molecule has 132 valence electrons. The van der Waals surface area contributed by atoms with Crippen molar-refractivity contribution in [1.29, 1.82) is 0 Å². The molecule has 0 fully saturated rings. The van der Waals surface area contributed by atoms with E-state index in [1.807, 2.05) is 24.3 Å². The maximum absolute atomic E-state index is 11.9. The van der Waals surface area contributed by atoms with E-state index in [2.05, 4.69) is 5.10 Å². The number of benzene rings is 2. The first-order chi connectivity index (χ1) is 12.4. The number of carbonyl (C=O) groups excluding carboxylic acids is 1. The fraction of sp³-hybridized carbons (Fsp3) is 0.0588. The van der Waals surface area contributed by atoms with Crippen LogP contribution in [0.2, 0.25) is 0 Å². The van der Waals surface area contributed by atoms with E-state index in [1.54, 1.807) is 16.8 Å². The summed E-state index contributed by atoms with van der Waals surface area (Å²) in [6.45, 7) is 0. The number of fused-ring (bicyclic) bond motifs is 3. The van der Waals surface area contributed by atoms with Gasteiger partial charge in [-0.1, -0.05) is 24.3 Å². The molecule has 0 saturated heterocycles. The molecule has 0 aliphatic carbocycles. The Morgan fingerprint density at radius 3 is 2.46 bits per heavy atom. The Morgan fingerprint density at radius 1 is 1.12 bits per heavy atom. The van der Waals surface area contributed by atoms with Gasteiger partial charge in [0.25, 0.3) is 5.91 Å². The number of hydrogen-bond donors (Lipinski definition) is 2. The monoisotopic (exact) mass is 386 g/mol. The van der Waals surface area contributed by atoms with Gasteiger partial charge in [-0.25, -0.2) is 18.2 Å². The second-order valence-corrected chi connectivity index (χ2v) is 8.33. The molecule has 2 aromatic carbocycles. The molecule has 26 heavy (non-hydrogen) atoms. The average molecular weight is 386 g/mol. The molecule has 1 aliphatic heterocycles. The number of rotatable bonds is 3. The molecule has 4 rings (SSSR count). The molecule has 0 saturated carbocycles. The first-order valence-electron chi connectivity index (χ1n) is 7.63. The molecule has 1 aliphatic rings. The van der Waals surface area contributed by atoms with Crippen LogP contribution in [0.4, 0.5) is 0 Å². The second-order valence-electron chi connectivity index (χ2n) is 5.79. The fourth-order valence-corrected chi connectivity index (χ4v) is 4.61. The standard InChI is InChI=1S/C17H14N4O3S2/c18-17(22)14-16-15(13-4-2-1-3-10(13)9-25-16)21(20-14)11-5-7-12(8-6-11)26(19,23)24/h1-8H,9H2,(H2,18,22)(H2,19,23,24). The fourth-order valence-electron chi connectivity index (χ4n) is 2.93. The Hall–Kier alpha value is -2.62. The molecule has 9 heteroatoms. The predicted octanol–water partition coefficient (Wildman–Crippen LogP) is 1.89. The Morgan fingerprint density at radius 2 is 1.81 bits per heavy atom. The van der Waals surface area contributed by atoms with Gasteiger partial charge in [0, 0.05) is 11.3 Å². The van der Waals surface area contributed by atoms with Gasteiger partial charge < -0.3 is 5.73 Å². The third-order valence-electron chi connectivity index (χ3n) is 4.13. The van der Waals surface area contributed by atoms with Crippen LogP contribution in [0.1, 0.15) is 16.1 Å². The number of hydrogen-bond acceptors (Lipinski definition) is 5. The Balaban J connectivity index is 1.95. The third-order valence-corrected chi connectivity index (χ3v) is 6.19. The van der Waals surface area contributed by atoms with E-state index in [-0.39, 0.29) is 10.6 Å². The maximum Gasteiger partial charge on any atom is 0.270 e. The zero-order valence-electron chi connectivity index (χ0n) is 13.4. The largest absolute Gasteiger partial charge is 0.364 e. The van der Waals surface area contributed by atoms with Crippen LogP contribution in [-0.4, -0.2) is 24.1 Å². The highest BCUT2D eigenvalue weighted by Crippen LogP contribution is 2.44. The molecule has 7 nitrogen and oxygen atoms in total. The zero-order valence-corrected chi connectivity index (χ0v) is 15.0. The Bertz CT molecular complexity index is 1140. The van der Waals surface area contributed by atoms with Crippen LogP contribution in [0.5, 0.6) is 0 Å². The van der Waals surface area contributed by atoms with Gasteiger partial charge in [-0.2, -0.15) is 5.10 Å². The summed E-state index contributed by atoms with van der Waals surface area (Å²) in [5, 5.41) is 9.54. The number of nitrogens with zero attached hydrogens (tertiary/aromatic N) is 2. The van der Waals surface area contributed by atoms with E-state index < -0.39 is 15.9 Å². The summed E-state index contributed by atoms with van der Waals surface area (Å²) in [5.41, 5.74) is 9.19. The van der Waals surface area contributed by atoms with E-state index in [9.17, 15) is 13.2 Å². The minimum absolute atomic E-state index is 0.00664. The number of primary sulfonamides is 1. The highest BCUT2D eigenvalue weighted by Gasteiger charge is 2.28. The zero-order chi connectivity index (χ0) is 18.5. The summed E-state index contributed by atoms with van der Waals surface area (Å²) in [4.78, 5) is 12.6. The maximum atomic E-state index is 11.9. The molecule has 1 aromatic heterocycles. The molecule has 0 atom stereocenters. The topological polar surface area (TPSA) is 121 Å². The molecule has 0 spiro atoms. The molecular formula is C17H14N4O3S2. The first kappa shape index (κ1) is 16.8. The highest BCUT2D eigenvalue weighted by atomic mass is 32.2. The van der Waals surface area contributed by atoms with E-state index in [4.69, 9.17) is 10.9 Å². The van der Waals surface area contributed by atoms with Crippen molar-refractivity contribution in [3.63, 3.8) is 0 Å². The number of aromatic nitrogens is 2. The molecule has 0 bridgehead atoms. The van der Waals surface area contributed by atoms with Gasteiger partial charge in [-0.15, -0.1) is 11.8 Å². The molecule has 0 unspecified atom stereocenters. The van der Waals surface area contributed by atoms with Crippen molar-refractivity contribution in [1.82, 2.24) is 9.78 Å². The lowest BCUT2D eigenvalue weighted by Gasteiger charge is -2.18. The van der Waals surface area contributed by atoms with Gasteiger partial charge in [-0.3, -0.25) is 4.79 Å². The van der Waals surface area contributed by atoms with Crippen molar-refractivity contribution in [2.75, 3.05) is 0 Å². The lowest BCUT2D eigenvalue weighted by atomic mass is 10.0. The van der Waals surface area contributed by atoms with Crippen LogP contribution < -0.4 is 10.9 Å². The van der Waals surface area contributed by atoms with Crippen LogP contribution >= 0.6 is 11.8 Å². The van der Waals surface area contributed by atoms with Gasteiger partial charge in [0.05, 0.1) is 21.2 Å². The number of thioether (sulfide) groups is 1. The van der Waals surface area contributed by atoms with Crippen molar-refractivity contribution in [2.24, 2.45) is 10.9 Å². The minimum Gasteiger partial charge on any atom is -0.364 e. The number of amides is 1. The van der Waals surface area contributed by atoms with E-state index >= 15 is 0 Å². The summed E-state index contributed by atoms with van der Waals surface area (Å²) in [6, 6.07) is 13.9.